The van der Waals surface area contributed by atoms with Crippen LogP contribution in [-0.4, -0.2) is 44.9 Å². The van der Waals surface area contributed by atoms with E-state index in [1.165, 1.54) is 4.31 Å². The second-order valence-corrected chi connectivity index (χ2v) is 9.86. The number of morpholine rings is 1. The number of hydrogen-bond donors (Lipinski definition) is 1. The van der Waals surface area contributed by atoms with Crippen molar-refractivity contribution in [3.63, 3.8) is 0 Å². The molecule has 0 unspecified atom stereocenters. The van der Waals surface area contributed by atoms with Gasteiger partial charge in [-0.3, -0.25) is 4.79 Å². The van der Waals surface area contributed by atoms with Gasteiger partial charge in [-0.2, -0.15) is 4.31 Å². The molecule has 2 aromatic carbocycles. The SMILES string of the molecule is C[C@H](NC(=O)CCc1ccc(S(=O)(=O)N2CCOCC2)cc1)c1cccc(Br)c1. The van der Waals surface area contributed by atoms with Gasteiger partial charge in [-0.05, 0) is 48.7 Å². The van der Waals surface area contributed by atoms with Crippen molar-refractivity contribution in [3.05, 3.63) is 64.1 Å². The van der Waals surface area contributed by atoms with Crippen molar-refractivity contribution in [2.75, 3.05) is 26.3 Å². The van der Waals surface area contributed by atoms with Crippen molar-refractivity contribution in [3.8, 4) is 0 Å². The summed E-state index contributed by atoms with van der Waals surface area (Å²) in [6.07, 6.45) is 0.892. The molecule has 0 saturated carbocycles. The van der Waals surface area contributed by atoms with E-state index >= 15 is 0 Å². The molecule has 0 radical (unpaired) electrons. The predicted molar refractivity (Wildman–Crippen MR) is 115 cm³/mol. The van der Waals surface area contributed by atoms with Gasteiger partial charge in [0.15, 0.2) is 0 Å². The maximum Gasteiger partial charge on any atom is 0.243 e. The maximum atomic E-state index is 12.6. The summed E-state index contributed by atoms with van der Waals surface area (Å²) in [5.41, 5.74) is 1.96. The first-order valence-electron chi connectivity index (χ1n) is 9.58. The van der Waals surface area contributed by atoms with E-state index in [2.05, 4.69) is 21.2 Å². The zero-order chi connectivity index (χ0) is 20.9. The summed E-state index contributed by atoms with van der Waals surface area (Å²) in [5, 5.41) is 3.00. The molecule has 1 aliphatic heterocycles. The fourth-order valence-corrected chi connectivity index (χ4v) is 5.02. The summed E-state index contributed by atoms with van der Waals surface area (Å²) in [6.45, 7) is 3.54. The highest BCUT2D eigenvalue weighted by molar-refractivity contribution is 9.10. The molecule has 29 heavy (non-hydrogen) atoms. The lowest BCUT2D eigenvalue weighted by Gasteiger charge is -2.26. The van der Waals surface area contributed by atoms with Gasteiger partial charge in [-0.1, -0.05) is 40.2 Å². The molecular formula is C21H25BrN2O4S. The van der Waals surface area contributed by atoms with Gasteiger partial charge >= 0.3 is 0 Å². The average Bonchev–Trinajstić information content (AvgIpc) is 2.73. The molecule has 0 spiro atoms. The Bertz CT molecular complexity index is 941. The highest BCUT2D eigenvalue weighted by Gasteiger charge is 2.26. The van der Waals surface area contributed by atoms with E-state index in [4.69, 9.17) is 4.74 Å². The predicted octanol–water partition coefficient (Wildman–Crippen LogP) is 3.28. The van der Waals surface area contributed by atoms with Gasteiger partial charge in [-0.15, -0.1) is 0 Å². The Hall–Kier alpha value is -1.74. The highest BCUT2D eigenvalue weighted by Crippen LogP contribution is 2.19. The average molecular weight is 481 g/mol. The molecule has 8 heteroatoms. The number of benzene rings is 2. The van der Waals surface area contributed by atoms with Gasteiger partial charge in [0, 0.05) is 24.0 Å². The molecule has 1 saturated heterocycles. The van der Waals surface area contributed by atoms with Crippen LogP contribution in [0.25, 0.3) is 0 Å². The molecule has 0 aliphatic carbocycles. The minimum absolute atomic E-state index is 0.0394. The number of sulfonamides is 1. The largest absolute Gasteiger partial charge is 0.379 e. The van der Waals surface area contributed by atoms with Crippen molar-refractivity contribution in [1.29, 1.82) is 0 Å². The fraction of sp³-hybridized carbons (Fsp3) is 0.381. The zero-order valence-corrected chi connectivity index (χ0v) is 18.7. The van der Waals surface area contributed by atoms with E-state index in [0.29, 0.717) is 39.1 Å². The molecule has 0 aromatic heterocycles. The second-order valence-electron chi connectivity index (χ2n) is 7.00. The molecule has 1 N–H and O–H groups in total. The van der Waals surface area contributed by atoms with Gasteiger partial charge in [0.25, 0.3) is 0 Å². The van der Waals surface area contributed by atoms with E-state index in [-0.39, 0.29) is 16.8 Å². The van der Waals surface area contributed by atoms with Crippen LogP contribution in [-0.2, 0) is 26.0 Å². The monoisotopic (exact) mass is 480 g/mol. The zero-order valence-electron chi connectivity index (χ0n) is 16.3. The summed E-state index contributed by atoms with van der Waals surface area (Å²) >= 11 is 3.44. The lowest BCUT2D eigenvalue weighted by Crippen LogP contribution is -2.40. The van der Waals surface area contributed by atoms with Gasteiger partial charge in [-0.25, -0.2) is 8.42 Å². The highest BCUT2D eigenvalue weighted by atomic mass is 79.9. The van der Waals surface area contributed by atoms with Crippen LogP contribution in [0.4, 0.5) is 0 Å². The molecule has 0 bridgehead atoms. The lowest BCUT2D eigenvalue weighted by molar-refractivity contribution is -0.121. The Morgan fingerprint density at radius 1 is 1.17 bits per heavy atom. The number of ether oxygens (including phenoxy) is 1. The Morgan fingerprint density at radius 2 is 1.86 bits per heavy atom. The van der Waals surface area contributed by atoms with Crippen LogP contribution < -0.4 is 5.32 Å². The lowest BCUT2D eigenvalue weighted by atomic mass is 10.1. The number of halogens is 1. The standard InChI is InChI=1S/C21H25BrN2O4S/c1-16(18-3-2-4-19(22)15-18)23-21(25)10-7-17-5-8-20(9-6-17)29(26,27)24-11-13-28-14-12-24/h2-6,8-9,15-16H,7,10-14H2,1H3,(H,23,25)/t16-/m0/s1. The van der Waals surface area contributed by atoms with Crippen LogP contribution in [0.3, 0.4) is 0 Å². The van der Waals surface area contributed by atoms with E-state index in [0.717, 1.165) is 15.6 Å². The molecule has 2 aromatic rings. The first-order chi connectivity index (χ1) is 13.9. The summed E-state index contributed by atoms with van der Waals surface area (Å²) in [4.78, 5) is 12.6. The van der Waals surface area contributed by atoms with E-state index in [1.54, 1.807) is 24.3 Å². The molecule has 1 aliphatic rings. The topological polar surface area (TPSA) is 75.7 Å². The van der Waals surface area contributed by atoms with Crippen LogP contribution in [0, 0.1) is 0 Å². The first-order valence-corrected chi connectivity index (χ1v) is 11.8. The molecule has 1 fully saturated rings. The number of hydrogen-bond acceptors (Lipinski definition) is 4. The van der Waals surface area contributed by atoms with Gasteiger partial charge in [0.1, 0.15) is 0 Å². The third-order valence-corrected chi connectivity index (χ3v) is 7.30. The minimum atomic E-state index is -3.49. The molecule has 1 atom stereocenters. The van der Waals surface area contributed by atoms with Crippen molar-refractivity contribution in [2.24, 2.45) is 0 Å². The summed E-state index contributed by atoms with van der Waals surface area (Å²) in [7, 11) is -3.49. The van der Waals surface area contributed by atoms with Gasteiger partial charge in [0.05, 0.1) is 24.2 Å². The number of nitrogens with zero attached hydrogens (tertiary/aromatic N) is 1. The van der Waals surface area contributed by atoms with Gasteiger partial charge < -0.3 is 10.1 Å². The van der Waals surface area contributed by atoms with Crippen LogP contribution in [0.5, 0.6) is 0 Å². The number of rotatable bonds is 7. The molecule has 1 heterocycles. The second kappa shape index (κ2) is 9.84. The third kappa shape index (κ3) is 5.88. The first kappa shape index (κ1) is 22.0. The summed E-state index contributed by atoms with van der Waals surface area (Å²) in [6, 6.07) is 14.5. The van der Waals surface area contributed by atoms with Gasteiger partial charge in [0.2, 0.25) is 15.9 Å². The quantitative estimate of drug-likeness (QED) is 0.659. The number of amides is 1. The molecule has 3 rings (SSSR count). The minimum Gasteiger partial charge on any atom is -0.379 e. The third-order valence-electron chi connectivity index (χ3n) is 4.90. The van der Waals surface area contributed by atoms with E-state index in [1.807, 2.05) is 31.2 Å². The molecule has 6 nitrogen and oxygen atoms in total. The van der Waals surface area contributed by atoms with Crippen LogP contribution in [0.2, 0.25) is 0 Å². The number of carbonyl (C=O) groups is 1. The molecule has 156 valence electrons. The van der Waals surface area contributed by atoms with E-state index < -0.39 is 10.0 Å². The van der Waals surface area contributed by atoms with Crippen molar-refractivity contribution in [1.82, 2.24) is 9.62 Å². The number of nitrogens with one attached hydrogen (secondary N) is 1. The number of carbonyl (C=O) groups excluding carboxylic acids is 1. The molecular weight excluding hydrogens is 456 g/mol. The Kier molecular flexibility index (Phi) is 7.45. The number of aryl methyl sites for hydroxylation is 1. The Morgan fingerprint density at radius 3 is 2.52 bits per heavy atom. The van der Waals surface area contributed by atoms with Crippen molar-refractivity contribution >= 4 is 31.9 Å². The summed E-state index contributed by atoms with van der Waals surface area (Å²) < 4.78 is 32.9. The summed E-state index contributed by atoms with van der Waals surface area (Å²) in [5.74, 6) is -0.0394. The smallest absolute Gasteiger partial charge is 0.243 e. The van der Waals surface area contributed by atoms with Crippen LogP contribution in [0.15, 0.2) is 57.9 Å². The molecule has 1 amide bonds. The Labute approximate surface area is 180 Å². The van der Waals surface area contributed by atoms with Crippen LogP contribution >= 0.6 is 15.9 Å². The van der Waals surface area contributed by atoms with Crippen molar-refractivity contribution < 1.29 is 17.9 Å². The van der Waals surface area contributed by atoms with Crippen LogP contribution in [0.1, 0.15) is 30.5 Å². The fourth-order valence-electron chi connectivity index (χ4n) is 3.19. The normalized spacial score (nSPS) is 16.3. The Balaban J connectivity index is 1.54. The van der Waals surface area contributed by atoms with E-state index in [9.17, 15) is 13.2 Å². The maximum absolute atomic E-state index is 12.6. The van der Waals surface area contributed by atoms with Crippen molar-refractivity contribution in [2.45, 2.75) is 30.7 Å².